The molecule has 0 N–H and O–H groups in total. The smallest absolute Gasteiger partial charge is 0.306 e. The molecule has 0 aliphatic carbocycles. The summed E-state index contributed by atoms with van der Waals surface area (Å²) in [5.74, 6) is -0.913. The van der Waals surface area contributed by atoms with Crippen LogP contribution in [0, 0.1) is 0 Å². The summed E-state index contributed by atoms with van der Waals surface area (Å²) in [5.41, 5.74) is 0. The van der Waals surface area contributed by atoms with Crippen LogP contribution in [0.1, 0.15) is 323 Å². The maximum atomic E-state index is 12.9. The molecule has 0 amide bonds. The predicted octanol–water partition coefficient (Wildman–Crippen LogP) is 21.7. The fourth-order valence-electron chi connectivity index (χ4n) is 9.13. The van der Waals surface area contributed by atoms with Crippen molar-refractivity contribution in [3.05, 3.63) is 72.9 Å². The van der Waals surface area contributed by atoms with Crippen molar-refractivity contribution < 1.29 is 28.6 Å². The first-order chi connectivity index (χ1) is 36.5. The van der Waals surface area contributed by atoms with Crippen molar-refractivity contribution in [2.75, 3.05) is 13.2 Å². The molecule has 1 unspecified atom stereocenters. The first kappa shape index (κ1) is 70.8. The highest BCUT2D eigenvalue weighted by Crippen LogP contribution is 2.17. The van der Waals surface area contributed by atoms with Gasteiger partial charge in [0, 0.05) is 19.3 Å². The summed E-state index contributed by atoms with van der Waals surface area (Å²) >= 11 is 0. The Labute approximate surface area is 459 Å². The van der Waals surface area contributed by atoms with Crippen LogP contribution in [0.4, 0.5) is 0 Å². The molecule has 0 fully saturated rings. The molecule has 0 aromatic rings. The second kappa shape index (κ2) is 62.4. The lowest BCUT2D eigenvalue weighted by Crippen LogP contribution is -2.30. The average molecular weight is 1030 g/mol. The zero-order chi connectivity index (χ0) is 53.6. The van der Waals surface area contributed by atoms with Crippen molar-refractivity contribution in [1.82, 2.24) is 0 Å². The molecule has 0 aliphatic rings. The van der Waals surface area contributed by atoms with Crippen LogP contribution in [0.2, 0.25) is 0 Å². The molecular weight excluding hydrogens is 913 g/mol. The minimum absolute atomic E-state index is 0.0859. The molecule has 0 aromatic carbocycles. The predicted molar refractivity (Wildman–Crippen MR) is 321 cm³/mol. The van der Waals surface area contributed by atoms with Crippen molar-refractivity contribution in [1.29, 1.82) is 0 Å². The number of carbonyl (C=O) groups is 3. The van der Waals surface area contributed by atoms with E-state index in [-0.39, 0.29) is 31.1 Å². The van der Waals surface area contributed by atoms with E-state index in [1.165, 1.54) is 180 Å². The van der Waals surface area contributed by atoms with Crippen LogP contribution in [0.15, 0.2) is 72.9 Å². The Morgan fingerprint density at radius 2 is 0.527 bits per heavy atom. The zero-order valence-electron chi connectivity index (χ0n) is 49.1. The monoisotopic (exact) mass is 1030 g/mol. The van der Waals surface area contributed by atoms with Gasteiger partial charge in [0.25, 0.3) is 0 Å². The fraction of sp³-hybridized carbons (Fsp3) is 0.779. The number of esters is 3. The third-order valence-corrected chi connectivity index (χ3v) is 13.9. The van der Waals surface area contributed by atoms with Crippen molar-refractivity contribution in [2.24, 2.45) is 0 Å². The molecule has 0 aliphatic heterocycles. The molecule has 1 atom stereocenters. The Balaban J connectivity index is 4.19. The third-order valence-electron chi connectivity index (χ3n) is 13.9. The van der Waals surface area contributed by atoms with Crippen LogP contribution < -0.4 is 0 Å². The molecule has 0 radical (unpaired) electrons. The molecule has 0 aromatic heterocycles. The van der Waals surface area contributed by atoms with Gasteiger partial charge in [-0.15, -0.1) is 0 Å². The van der Waals surface area contributed by atoms with E-state index in [1.54, 1.807) is 0 Å². The Bertz CT molecular complexity index is 1370. The summed E-state index contributed by atoms with van der Waals surface area (Å²) < 4.78 is 16.9. The van der Waals surface area contributed by atoms with Gasteiger partial charge in [-0.3, -0.25) is 14.4 Å². The van der Waals surface area contributed by atoms with Gasteiger partial charge in [-0.05, 0) is 109 Å². The highest BCUT2D eigenvalue weighted by molar-refractivity contribution is 5.71. The summed E-state index contributed by atoms with van der Waals surface area (Å²) in [6.45, 7) is 6.50. The minimum atomic E-state index is -0.791. The zero-order valence-corrected chi connectivity index (χ0v) is 49.1. The van der Waals surface area contributed by atoms with Gasteiger partial charge in [0.2, 0.25) is 0 Å². The van der Waals surface area contributed by atoms with Crippen LogP contribution in [-0.4, -0.2) is 37.2 Å². The van der Waals surface area contributed by atoms with Gasteiger partial charge in [-0.2, -0.15) is 0 Å². The molecule has 0 rings (SSSR count). The van der Waals surface area contributed by atoms with Gasteiger partial charge in [0.1, 0.15) is 13.2 Å². The topological polar surface area (TPSA) is 78.9 Å². The van der Waals surface area contributed by atoms with Gasteiger partial charge in [0.15, 0.2) is 6.10 Å². The summed E-state index contributed by atoms with van der Waals surface area (Å²) in [5, 5.41) is 0. The normalized spacial score (nSPS) is 12.5. The molecule has 6 nitrogen and oxygen atoms in total. The molecule has 6 heteroatoms. The van der Waals surface area contributed by atoms with Crippen molar-refractivity contribution >= 4 is 17.9 Å². The lowest BCUT2D eigenvalue weighted by molar-refractivity contribution is -0.167. The molecule has 428 valence electrons. The van der Waals surface area contributed by atoms with E-state index >= 15 is 0 Å². The maximum Gasteiger partial charge on any atom is 0.306 e. The van der Waals surface area contributed by atoms with Gasteiger partial charge in [-0.1, -0.05) is 267 Å². The number of carbonyl (C=O) groups excluding carboxylic acids is 3. The number of rotatable bonds is 58. The second-order valence-corrected chi connectivity index (χ2v) is 21.3. The number of hydrogen-bond donors (Lipinski definition) is 0. The van der Waals surface area contributed by atoms with E-state index in [0.29, 0.717) is 19.3 Å². The lowest BCUT2D eigenvalue weighted by atomic mass is 10.0. The fourth-order valence-corrected chi connectivity index (χ4v) is 9.13. The van der Waals surface area contributed by atoms with E-state index in [0.717, 1.165) is 103 Å². The Hall–Kier alpha value is -3.15. The van der Waals surface area contributed by atoms with E-state index in [9.17, 15) is 14.4 Å². The number of unbranched alkanes of at least 4 members (excludes halogenated alkanes) is 35. The van der Waals surface area contributed by atoms with Crippen molar-refractivity contribution in [3.8, 4) is 0 Å². The minimum Gasteiger partial charge on any atom is -0.462 e. The van der Waals surface area contributed by atoms with Crippen LogP contribution >= 0.6 is 0 Å². The second-order valence-electron chi connectivity index (χ2n) is 21.3. The highest BCUT2D eigenvalue weighted by Gasteiger charge is 2.19. The molecule has 0 spiro atoms. The standard InChI is InChI=1S/C68H120O6/c1-4-7-10-13-16-19-22-25-27-28-29-30-31-32-33-34-35-36-37-38-39-40-41-44-46-49-52-55-58-61-67(70)73-64-65(63-72-66(69)60-57-54-51-48-45-42-24-21-18-15-12-9-6-3)74-68(71)62-59-56-53-50-47-43-26-23-20-17-14-11-8-5-2/h9,12,18,21-23,25-26,28-29,42,45,65H,4-8,10-11,13-17,19-20,24,27,30-41,43-44,46-64H2,1-3H3/b12-9-,21-18-,25-22-,26-23-,29-28-,45-42-. The van der Waals surface area contributed by atoms with E-state index < -0.39 is 6.10 Å². The van der Waals surface area contributed by atoms with Crippen LogP contribution in [0.25, 0.3) is 0 Å². The SMILES string of the molecule is CC/C=C\C/C=C\C/C=C\CCCCCC(=O)OCC(COC(=O)CCCCCCCCCCCCCCCCCCC/C=C\C/C=C\CCCCCCC)OC(=O)CCCCCCC/C=C\CCCCCCC. The van der Waals surface area contributed by atoms with Crippen molar-refractivity contribution in [2.45, 2.75) is 329 Å². The van der Waals surface area contributed by atoms with Gasteiger partial charge >= 0.3 is 17.9 Å². The first-order valence-corrected chi connectivity index (χ1v) is 31.9. The van der Waals surface area contributed by atoms with Gasteiger partial charge in [-0.25, -0.2) is 0 Å². The number of ether oxygens (including phenoxy) is 3. The number of allylic oxidation sites excluding steroid dienone is 12. The Morgan fingerprint density at radius 1 is 0.284 bits per heavy atom. The molecule has 0 heterocycles. The van der Waals surface area contributed by atoms with E-state index in [4.69, 9.17) is 14.2 Å². The van der Waals surface area contributed by atoms with Crippen LogP contribution in [-0.2, 0) is 28.6 Å². The van der Waals surface area contributed by atoms with Crippen LogP contribution in [0.5, 0.6) is 0 Å². The first-order valence-electron chi connectivity index (χ1n) is 31.9. The molecule has 0 saturated carbocycles. The van der Waals surface area contributed by atoms with Gasteiger partial charge in [0.05, 0.1) is 0 Å². The van der Waals surface area contributed by atoms with E-state index in [1.807, 2.05) is 0 Å². The summed E-state index contributed by atoms with van der Waals surface area (Å²) in [6.07, 6.45) is 80.7. The Kier molecular flexibility index (Phi) is 59.7. The van der Waals surface area contributed by atoms with E-state index in [2.05, 4.69) is 93.7 Å². The largest absolute Gasteiger partial charge is 0.462 e. The molecule has 74 heavy (non-hydrogen) atoms. The summed E-state index contributed by atoms with van der Waals surface area (Å²) in [4.78, 5) is 38.2. The van der Waals surface area contributed by atoms with Crippen LogP contribution in [0.3, 0.4) is 0 Å². The number of hydrogen-bond acceptors (Lipinski definition) is 6. The highest BCUT2D eigenvalue weighted by atomic mass is 16.6. The molecule has 0 bridgehead atoms. The maximum absolute atomic E-state index is 12.9. The molecule has 0 saturated heterocycles. The lowest BCUT2D eigenvalue weighted by Gasteiger charge is -2.18. The third kappa shape index (κ3) is 59.7. The van der Waals surface area contributed by atoms with Gasteiger partial charge < -0.3 is 14.2 Å². The van der Waals surface area contributed by atoms with Crippen molar-refractivity contribution in [3.63, 3.8) is 0 Å². The summed E-state index contributed by atoms with van der Waals surface area (Å²) in [7, 11) is 0. The quantitative estimate of drug-likeness (QED) is 0.0261. The summed E-state index contributed by atoms with van der Waals surface area (Å²) in [6, 6.07) is 0. The Morgan fingerprint density at radius 3 is 0.851 bits per heavy atom. The average Bonchev–Trinajstić information content (AvgIpc) is 3.40. The molecular formula is C68H120O6.